The maximum Gasteiger partial charge on any atom is 0.224 e. The number of anilines is 2. The number of hydrogen-bond donors (Lipinski definition) is 1. The molecule has 1 N–H and O–H groups in total. The Hall–Kier alpha value is -1.61. The van der Waals surface area contributed by atoms with Crippen molar-refractivity contribution >= 4 is 23.1 Å². The molecule has 0 aliphatic carbocycles. The van der Waals surface area contributed by atoms with E-state index in [0.717, 1.165) is 5.69 Å². The van der Waals surface area contributed by atoms with Crippen LogP contribution in [-0.4, -0.2) is 9.97 Å². The number of nitrogens with zero attached hydrogens (tertiary/aromatic N) is 2. The normalized spacial score (nSPS) is 10.4. The minimum absolute atomic E-state index is 0.246. The first-order valence-electron chi connectivity index (χ1n) is 5.39. The van der Waals surface area contributed by atoms with Gasteiger partial charge in [0.2, 0.25) is 5.28 Å². The van der Waals surface area contributed by atoms with Crippen molar-refractivity contribution in [1.82, 2.24) is 9.97 Å². The summed E-state index contributed by atoms with van der Waals surface area (Å²) in [7, 11) is 0. The van der Waals surface area contributed by atoms with E-state index in [-0.39, 0.29) is 5.28 Å². The highest BCUT2D eigenvalue weighted by Crippen LogP contribution is 2.21. The van der Waals surface area contributed by atoms with Crippen LogP contribution in [0.3, 0.4) is 0 Å². The van der Waals surface area contributed by atoms with E-state index in [4.69, 9.17) is 11.6 Å². The molecule has 0 radical (unpaired) electrons. The van der Waals surface area contributed by atoms with Gasteiger partial charge in [-0.2, -0.15) is 0 Å². The van der Waals surface area contributed by atoms with Gasteiger partial charge in [0, 0.05) is 11.9 Å². The summed E-state index contributed by atoms with van der Waals surface area (Å²) in [6, 6.07) is 5.98. The smallest absolute Gasteiger partial charge is 0.224 e. The van der Waals surface area contributed by atoms with Gasteiger partial charge in [-0.3, -0.25) is 0 Å². The zero-order chi connectivity index (χ0) is 12.4. The highest BCUT2D eigenvalue weighted by Gasteiger charge is 2.02. The Morgan fingerprint density at radius 3 is 2.35 bits per heavy atom. The van der Waals surface area contributed by atoms with Gasteiger partial charge in [-0.1, -0.05) is 0 Å². The molecule has 17 heavy (non-hydrogen) atoms. The van der Waals surface area contributed by atoms with Gasteiger partial charge in [-0.25, -0.2) is 9.97 Å². The summed E-state index contributed by atoms with van der Waals surface area (Å²) in [4.78, 5) is 7.94. The van der Waals surface area contributed by atoms with E-state index in [9.17, 15) is 0 Å². The van der Waals surface area contributed by atoms with Crippen LogP contribution in [0.2, 0.25) is 5.28 Å². The molecular formula is C13H14ClN3. The summed E-state index contributed by atoms with van der Waals surface area (Å²) in [5.41, 5.74) is 4.84. The van der Waals surface area contributed by atoms with E-state index in [2.05, 4.69) is 48.2 Å². The molecule has 0 amide bonds. The fourth-order valence-electron chi connectivity index (χ4n) is 1.66. The molecule has 88 valence electrons. The van der Waals surface area contributed by atoms with Crippen LogP contribution in [0.15, 0.2) is 24.4 Å². The summed E-state index contributed by atoms with van der Waals surface area (Å²) < 4.78 is 0. The Bertz CT molecular complexity index is 529. The topological polar surface area (TPSA) is 37.8 Å². The molecular weight excluding hydrogens is 234 g/mol. The first-order valence-corrected chi connectivity index (χ1v) is 5.77. The predicted molar refractivity (Wildman–Crippen MR) is 71.0 cm³/mol. The minimum atomic E-state index is 0.246. The summed E-state index contributed by atoms with van der Waals surface area (Å²) in [5, 5.41) is 3.46. The second-order valence-corrected chi connectivity index (χ2v) is 4.41. The number of nitrogens with one attached hydrogen (secondary N) is 1. The van der Waals surface area contributed by atoms with Crippen LogP contribution in [0.4, 0.5) is 11.5 Å². The molecule has 0 atom stereocenters. The number of rotatable bonds is 2. The van der Waals surface area contributed by atoms with Crippen molar-refractivity contribution in [1.29, 1.82) is 0 Å². The van der Waals surface area contributed by atoms with Gasteiger partial charge in [0.15, 0.2) is 0 Å². The van der Waals surface area contributed by atoms with Crippen molar-refractivity contribution in [2.45, 2.75) is 20.8 Å². The van der Waals surface area contributed by atoms with Crippen molar-refractivity contribution in [2.75, 3.05) is 5.32 Å². The predicted octanol–water partition coefficient (Wildman–Crippen LogP) is 3.80. The SMILES string of the molecule is Cc1cc(Nc2ccnc(Cl)n2)cc(C)c1C. The third kappa shape index (κ3) is 2.74. The average Bonchev–Trinajstić information content (AvgIpc) is 2.26. The fourth-order valence-corrected chi connectivity index (χ4v) is 1.81. The molecule has 1 heterocycles. The van der Waals surface area contributed by atoms with E-state index in [1.54, 1.807) is 12.3 Å². The van der Waals surface area contributed by atoms with E-state index in [1.807, 2.05) is 0 Å². The molecule has 4 heteroatoms. The summed E-state index contributed by atoms with van der Waals surface area (Å²) in [6.07, 6.45) is 1.63. The molecule has 0 bridgehead atoms. The third-order valence-electron chi connectivity index (χ3n) is 2.83. The molecule has 0 saturated heterocycles. The Morgan fingerprint density at radius 2 is 1.76 bits per heavy atom. The molecule has 0 aliphatic rings. The summed E-state index contributed by atoms with van der Waals surface area (Å²) in [5.74, 6) is 0.702. The molecule has 2 aromatic rings. The van der Waals surface area contributed by atoms with Gasteiger partial charge in [0.1, 0.15) is 5.82 Å². The van der Waals surface area contributed by atoms with Crippen molar-refractivity contribution < 1.29 is 0 Å². The van der Waals surface area contributed by atoms with E-state index in [1.165, 1.54) is 16.7 Å². The van der Waals surface area contributed by atoms with Crippen molar-refractivity contribution in [2.24, 2.45) is 0 Å². The van der Waals surface area contributed by atoms with E-state index in [0.29, 0.717) is 5.82 Å². The van der Waals surface area contributed by atoms with Crippen LogP contribution >= 0.6 is 11.6 Å². The highest BCUT2D eigenvalue weighted by atomic mass is 35.5. The minimum Gasteiger partial charge on any atom is -0.340 e. The van der Waals surface area contributed by atoms with Crippen molar-refractivity contribution in [3.63, 3.8) is 0 Å². The first-order chi connectivity index (χ1) is 8.06. The van der Waals surface area contributed by atoms with Crippen LogP contribution in [0.25, 0.3) is 0 Å². The number of halogens is 1. The lowest BCUT2D eigenvalue weighted by Gasteiger charge is -2.10. The Balaban J connectivity index is 2.31. The van der Waals surface area contributed by atoms with Crippen LogP contribution in [0.1, 0.15) is 16.7 Å². The number of benzene rings is 1. The van der Waals surface area contributed by atoms with Crippen molar-refractivity contribution in [3.05, 3.63) is 46.4 Å². The van der Waals surface area contributed by atoms with E-state index >= 15 is 0 Å². The zero-order valence-corrected chi connectivity index (χ0v) is 10.8. The maximum atomic E-state index is 5.74. The number of aryl methyl sites for hydroxylation is 2. The molecule has 3 nitrogen and oxygen atoms in total. The molecule has 1 aromatic heterocycles. The van der Waals surface area contributed by atoms with Gasteiger partial charge < -0.3 is 5.32 Å². The molecule has 0 saturated carbocycles. The van der Waals surface area contributed by atoms with Crippen LogP contribution in [-0.2, 0) is 0 Å². The standard InChI is InChI=1S/C13H14ClN3/c1-8-6-11(7-9(2)10(8)3)16-12-4-5-15-13(14)17-12/h4-7H,1-3H3,(H,15,16,17). The highest BCUT2D eigenvalue weighted by molar-refractivity contribution is 6.28. The third-order valence-corrected chi connectivity index (χ3v) is 3.01. The lowest BCUT2D eigenvalue weighted by molar-refractivity contribution is 1.16. The Kier molecular flexibility index (Phi) is 3.29. The van der Waals surface area contributed by atoms with Crippen molar-refractivity contribution in [3.8, 4) is 0 Å². The van der Waals surface area contributed by atoms with Gasteiger partial charge in [0.05, 0.1) is 0 Å². The largest absolute Gasteiger partial charge is 0.340 e. The lowest BCUT2D eigenvalue weighted by atomic mass is 10.0. The molecule has 0 unspecified atom stereocenters. The van der Waals surface area contributed by atoms with Crippen LogP contribution < -0.4 is 5.32 Å². The molecule has 0 fully saturated rings. The average molecular weight is 248 g/mol. The molecule has 0 spiro atoms. The first kappa shape index (κ1) is 11.9. The van der Waals surface area contributed by atoms with Crippen LogP contribution in [0, 0.1) is 20.8 Å². The lowest BCUT2D eigenvalue weighted by Crippen LogP contribution is -1.97. The zero-order valence-electron chi connectivity index (χ0n) is 10.1. The molecule has 2 rings (SSSR count). The summed E-state index contributed by atoms with van der Waals surface area (Å²) >= 11 is 5.74. The van der Waals surface area contributed by atoms with Crippen LogP contribution in [0.5, 0.6) is 0 Å². The van der Waals surface area contributed by atoms with E-state index < -0.39 is 0 Å². The molecule has 0 aliphatic heterocycles. The quantitative estimate of drug-likeness (QED) is 0.821. The Labute approximate surface area is 106 Å². The second-order valence-electron chi connectivity index (χ2n) is 4.07. The number of aromatic nitrogens is 2. The van der Waals surface area contributed by atoms with Gasteiger partial charge in [-0.05, 0) is 67.3 Å². The van der Waals surface area contributed by atoms with Gasteiger partial charge in [-0.15, -0.1) is 0 Å². The second kappa shape index (κ2) is 4.72. The fraction of sp³-hybridized carbons (Fsp3) is 0.231. The molecule has 1 aromatic carbocycles. The van der Waals surface area contributed by atoms with Gasteiger partial charge >= 0.3 is 0 Å². The Morgan fingerprint density at radius 1 is 1.12 bits per heavy atom. The summed E-state index contributed by atoms with van der Waals surface area (Å²) in [6.45, 7) is 6.32. The van der Waals surface area contributed by atoms with Gasteiger partial charge in [0.25, 0.3) is 0 Å². The monoisotopic (exact) mass is 247 g/mol. The maximum absolute atomic E-state index is 5.74. The number of hydrogen-bond acceptors (Lipinski definition) is 3.